The lowest BCUT2D eigenvalue weighted by atomic mass is 10.1. The molecule has 3 aromatic rings. The minimum atomic E-state index is 0.579. The molecule has 0 radical (unpaired) electrons. The highest BCUT2D eigenvalue weighted by Gasteiger charge is 2.17. The standard InChI is InChI=1S/C13H8Br2N4/c14-5-11-10(7-16)8-3-1-2-4-9(8)13-18-17-12(6-15)19(11)13/h1-4H,5-6H2. The summed E-state index contributed by atoms with van der Waals surface area (Å²) in [4.78, 5) is 0. The van der Waals surface area contributed by atoms with Gasteiger partial charge >= 0.3 is 0 Å². The molecule has 94 valence electrons. The molecule has 0 atom stereocenters. The van der Waals surface area contributed by atoms with E-state index in [0.717, 1.165) is 27.9 Å². The van der Waals surface area contributed by atoms with Crippen LogP contribution >= 0.6 is 31.9 Å². The number of pyridine rings is 1. The lowest BCUT2D eigenvalue weighted by molar-refractivity contribution is 0.963. The zero-order valence-electron chi connectivity index (χ0n) is 9.77. The quantitative estimate of drug-likeness (QED) is 0.640. The van der Waals surface area contributed by atoms with Crippen LogP contribution in [0, 0.1) is 11.3 Å². The number of aromatic nitrogens is 3. The number of nitriles is 1. The summed E-state index contributed by atoms with van der Waals surface area (Å²) in [5.74, 6) is 0.798. The summed E-state index contributed by atoms with van der Waals surface area (Å²) in [6.07, 6.45) is 0. The Bertz CT molecular complexity index is 817. The van der Waals surface area contributed by atoms with Crippen LogP contribution in [0.2, 0.25) is 0 Å². The average Bonchev–Trinajstić information content (AvgIpc) is 2.89. The van der Waals surface area contributed by atoms with Crippen molar-refractivity contribution >= 4 is 48.3 Å². The molecular formula is C13H8Br2N4. The van der Waals surface area contributed by atoms with Gasteiger partial charge < -0.3 is 0 Å². The number of rotatable bonds is 2. The number of fused-ring (bicyclic) bond motifs is 3. The van der Waals surface area contributed by atoms with Crippen LogP contribution < -0.4 is 0 Å². The van der Waals surface area contributed by atoms with Crippen LogP contribution in [-0.4, -0.2) is 14.6 Å². The van der Waals surface area contributed by atoms with Gasteiger partial charge in [-0.1, -0.05) is 56.1 Å². The lowest BCUT2D eigenvalue weighted by Gasteiger charge is -2.10. The van der Waals surface area contributed by atoms with Crippen molar-refractivity contribution in [2.24, 2.45) is 0 Å². The molecule has 0 aliphatic rings. The molecule has 0 saturated carbocycles. The highest BCUT2D eigenvalue weighted by atomic mass is 79.9. The van der Waals surface area contributed by atoms with Crippen molar-refractivity contribution < 1.29 is 0 Å². The second-order valence-corrected chi connectivity index (χ2v) is 5.14. The van der Waals surface area contributed by atoms with Gasteiger partial charge in [0.25, 0.3) is 0 Å². The molecule has 3 rings (SSSR count). The molecule has 2 aromatic heterocycles. The Labute approximate surface area is 126 Å². The molecule has 1 aromatic carbocycles. The molecule has 0 fully saturated rings. The lowest BCUT2D eigenvalue weighted by Crippen LogP contribution is -2.03. The first kappa shape index (κ1) is 12.6. The number of benzene rings is 1. The molecule has 0 aliphatic carbocycles. The predicted octanol–water partition coefficient (Wildman–Crippen LogP) is 3.54. The van der Waals surface area contributed by atoms with Gasteiger partial charge in [0.05, 0.1) is 16.6 Å². The molecule has 19 heavy (non-hydrogen) atoms. The molecular weight excluding hydrogens is 372 g/mol. The third-order valence-corrected chi connectivity index (χ3v) is 4.12. The summed E-state index contributed by atoms with van der Waals surface area (Å²) in [5, 5.41) is 20.9. The molecule has 0 amide bonds. The van der Waals surface area contributed by atoms with E-state index in [1.165, 1.54) is 0 Å². The fourth-order valence-electron chi connectivity index (χ4n) is 2.28. The van der Waals surface area contributed by atoms with Crippen molar-refractivity contribution in [1.82, 2.24) is 14.6 Å². The first-order valence-electron chi connectivity index (χ1n) is 5.61. The van der Waals surface area contributed by atoms with E-state index in [-0.39, 0.29) is 0 Å². The monoisotopic (exact) mass is 378 g/mol. The van der Waals surface area contributed by atoms with Gasteiger partial charge in [-0.2, -0.15) is 5.26 Å². The Hall–Kier alpha value is -1.45. The van der Waals surface area contributed by atoms with Crippen LogP contribution in [0.1, 0.15) is 17.1 Å². The number of hydrogen-bond donors (Lipinski definition) is 0. The molecule has 0 unspecified atom stereocenters. The molecule has 0 spiro atoms. The van der Waals surface area contributed by atoms with Gasteiger partial charge in [0.1, 0.15) is 11.9 Å². The minimum absolute atomic E-state index is 0.579. The molecule has 0 N–H and O–H groups in total. The highest BCUT2D eigenvalue weighted by molar-refractivity contribution is 9.08. The van der Waals surface area contributed by atoms with Gasteiger partial charge in [0, 0.05) is 16.1 Å². The summed E-state index contributed by atoms with van der Waals surface area (Å²) in [7, 11) is 0. The molecule has 0 saturated heterocycles. The van der Waals surface area contributed by atoms with Gasteiger partial charge in [0.2, 0.25) is 0 Å². The normalized spacial score (nSPS) is 11.0. The second-order valence-electron chi connectivity index (χ2n) is 4.02. The topological polar surface area (TPSA) is 54.0 Å². The van der Waals surface area contributed by atoms with E-state index in [1.54, 1.807) is 0 Å². The third kappa shape index (κ3) is 1.77. The van der Waals surface area contributed by atoms with Crippen molar-refractivity contribution in [1.29, 1.82) is 5.26 Å². The Morgan fingerprint density at radius 1 is 1.11 bits per heavy atom. The van der Waals surface area contributed by atoms with Gasteiger partial charge in [0.15, 0.2) is 5.65 Å². The second kappa shape index (κ2) is 4.91. The number of nitrogens with zero attached hydrogens (tertiary/aromatic N) is 4. The molecule has 2 heterocycles. The molecule has 4 nitrogen and oxygen atoms in total. The maximum atomic E-state index is 9.47. The van der Waals surface area contributed by atoms with Crippen LogP contribution in [0.25, 0.3) is 16.4 Å². The predicted molar refractivity (Wildman–Crippen MR) is 80.5 cm³/mol. The van der Waals surface area contributed by atoms with E-state index < -0.39 is 0 Å². The van der Waals surface area contributed by atoms with E-state index >= 15 is 0 Å². The zero-order valence-corrected chi connectivity index (χ0v) is 12.9. The Morgan fingerprint density at radius 3 is 2.47 bits per heavy atom. The zero-order chi connectivity index (χ0) is 13.4. The Kier molecular flexibility index (Phi) is 3.25. The van der Waals surface area contributed by atoms with Gasteiger partial charge in [-0.3, -0.25) is 4.40 Å². The Balaban J connectivity index is 2.63. The smallest absolute Gasteiger partial charge is 0.169 e. The van der Waals surface area contributed by atoms with Crippen molar-refractivity contribution in [3.8, 4) is 6.07 Å². The van der Waals surface area contributed by atoms with Crippen LogP contribution in [0.5, 0.6) is 0 Å². The van der Waals surface area contributed by atoms with E-state index in [9.17, 15) is 5.26 Å². The number of halogens is 2. The summed E-state index contributed by atoms with van der Waals surface area (Å²) in [6.45, 7) is 0. The van der Waals surface area contributed by atoms with Crippen LogP contribution in [0.3, 0.4) is 0 Å². The number of hydrogen-bond acceptors (Lipinski definition) is 3. The first-order valence-corrected chi connectivity index (χ1v) is 7.85. The van der Waals surface area contributed by atoms with Crippen molar-refractivity contribution in [3.63, 3.8) is 0 Å². The third-order valence-electron chi connectivity index (χ3n) is 3.08. The summed E-state index contributed by atoms with van der Waals surface area (Å²) >= 11 is 6.87. The SMILES string of the molecule is N#Cc1c(CBr)n2c(CBr)nnc2c2ccccc12. The van der Waals surface area contributed by atoms with Crippen molar-refractivity contribution in [3.05, 3.63) is 41.3 Å². The average molecular weight is 380 g/mol. The van der Waals surface area contributed by atoms with Crippen LogP contribution in [0.4, 0.5) is 0 Å². The van der Waals surface area contributed by atoms with E-state index in [2.05, 4.69) is 48.1 Å². The minimum Gasteiger partial charge on any atom is -0.280 e. The van der Waals surface area contributed by atoms with E-state index in [4.69, 9.17) is 0 Å². The van der Waals surface area contributed by atoms with Gasteiger partial charge in [-0.25, -0.2) is 0 Å². The van der Waals surface area contributed by atoms with Gasteiger partial charge in [-0.05, 0) is 0 Å². The fraction of sp³-hybridized carbons (Fsp3) is 0.154. The fourth-order valence-corrected chi connectivity index (χ4v) is 3.17. The van der Waals surface area contributed by atoms with Crippen LogP contribution in [0.15, 0.2) is 24.3 Å². The summed E-state index contributed by atoms with van der Waals surface area (Å²) in [6, 6.07) is 10.1. The van der Waals surface area contributed by atoms with E-state index in [1.807, 2.05) is 28.7 Å². The highest BCUT2D eigenvalue weighted by Crippen LogP contribution is 2.28. The van der Waals surface area contributed by atoms with Gasteiger partial charge in [-0.15, -0.1) is 10.2 Å². The van der Waals surface area contributed by atoms with Crippen molar-refractivity contribution in [2.75, 3.05) is 0 Å². The molecule has 0 bridgehead atoms. The first-order chi connectivity index (χ1) is 9.31. The number of alkyl halides is 2. The summed E-state index contributed by atoms with van der Waals surface area (Å²) in [5.41, 5.74) is 2.34. The van der Waals surface area contributed by atoms with E-state index in [0.29, 0.717) is 16.2 Å². The van der Waals surface area contributed by atoms with Crippen LogP contribution in [-0.2, 0) is 10.7 Å². The maximum absolute atomic E-state index is 9.47. The summed E-state index contributed by atoms with van der Waals surface area (Å²) < 4.78 is 1.95. The largest absolute Gasteiger partial charge is 0.280 e. The molecule has 6 heteroatoms. The molecule has 0 aliphatic heterocycles. The maximum Gasteiger partial charge on any atom is 0.169 e. The van der Waals surface area contributed by atoms with Crippen molar-refractivity contribution in [2.45, 2.75) is 10.7 Å². The Morgan fingerprint density at radius 2 is 1.84 bits per heavy atom.